The first kappa shape index (κ1) is 13.5. The average Bonchev–Trinajstić information content (AvgIpc) is 2.23. The molecule has 1 aromatic carbocycles. The van der Waals surface area contributed by atoms with Gasteiger partial charge < -0.3 is 11.1 Å². The first-order chi connectivity index (χ1) is 7.36. The Morgan fingerprint density at radius 3 is 2.75 bits per heavy atom. The van der Waals surface area contributed by atoms with Gasteiger partial charge in [0.25, 0.3) is 0 Å². The van der Waals surface area contributed by atoms with E-state index in [1.165, 1.54) is 0 Å². The molecule has 3 nitrogen and oxygen atoms in total. The molecule has 0 unspecified atom stereocenters. The third-order valence-electron chi connectivity index (χ3n) is 2.30. The molecule has 0 heterocycles. The second kappa shape index (κ2) is 5.17. The van der Waals surface area contributed by atoms with Crippen molar-refractivity contribution in [2.45, 2.75) is 13.8 Å². The zero-order valence-corrected chi connectivity index (χ0v) is 11.5. The number of hydrogen-bond acceptors (Lipinski definition) is 2. The standard InChI is InChI=1S/C11H14BrClN2O/c1-11(2,6-14)10(16)15-9-5-7(13)3-4-8(9)12/h3-5H,6,14H2,1-2H3,(H,15,16). The second-order valence-electron chi connectivity index (χ2n) is 4.17. The molecule has 0 saturated heterocycles. The normalized spacial score (nSPS) is 11.3. The molecule has 5 heteroatoms. The van der Waals surface area contributed by atoms with E-state index >= 15 is 0 Å². The van der Waals surface area contributed by atoms with Gasteiger partial charge in [-0.05, 0) is 48.0 Å². The molecule has 0 aromatic heterocycles. The van der Waals surface area contributed by atoms with Gasteiger partial charge >= 0.3 is 0 Å². The van der Waals surface area contributed by atoms with Gasteiger partial charge in [0.2, 0.25) is 5.91 Å². The van der Waals surface area contributed by atoms with Crippen LogP contribution >= 0.6 is 27.5 Å². The number of halogens is 2. The summed E-state index contributed by atoms with van der Waals surface area (Å²) in [4.78, 5) is 11.9. The molecular weight excluding hydrogens is 291 g/mol. The predicted octanol–water partition coefficient (Wildman–Crippen LogP) is 3.03. The van der Waals surface area contributed by atoms with Crippen molar-refractivity contribution in [3.05, 3.63) is 27.7 Å². The first-order valence-corrected chi connectivity index (χ1v) is 6.00. The lowest BCUT2D eigenvalue weighted by molar-refractivity contribution is -0.123. The highest BCUT2D eigenvalue weighted by molar-refractivity contribution is 9.10. The minimum Gasteiger partial charge on any atom is -0.329 e. The van der Waals surface area contributed by atoms with Crippen molar-refractivity contribution in [1.29, 1.82) is 0 Å². The van der Waals surface area contributed by atoms with E-state index in [1.54, 1.807) is 32.0 Å². The monoisotopic (exact) mass is 304 g/mol. The summed E-state index contributed by atoms with van der Waals surface area (Å²) in [5, 5.41) is 3.37. The summed E-state index contributed by atoms with van der Waals surface area (Å²) in [5.74, 6) is -0.127. The maximum atomic E-state index is 11.9. The summed E-state index contributed by atoms with van der Waals surface area (Å²) in [5.41, 5.74) is 5.59. The van der Waals surface area contributed by atoms with E-state index in [1.807, 2.05) is 0 Å². The van der Waals surface area contributed by atoms with Gasteiger partial charge in [0.05, 0.1) is 11.1 Å². The van der Waals surface area contributed by atoms with Crippen LogP contribution in [0.15, 0.2) is 22.7 Å². The summed E-state index contributed by atoms with van der Waals surface area (Å²) in [6.45, 7) is 3.87. The summed E-state index contributed by atoms with van der Waals surface area (Å²) in [6, 6.07) is 5.22. The van der Waals surface area contributed by atoms with Crippen LogP contribution in [0.5, 0.6) is 0 Å². The van der Waals surface area contributed by atoms with Crippen molar-refractivity contribution in [3.63, 3.8) is 0 Å². The molecule has 0 spiro atoms. The van der Waals surface area contributed by atoms with Crippen LogP contribution in [-0.2, 0) is 4.79 Å². The van der Waals surface area contributed by atoms with Crippen molar-refractivity contribution < 1.29 is 4.79 Å². The molecule has 0 aliphatic carbocycles. The number of hydrogen-bond donors (Lipinski definition) is 2. The number of amides is 1. The lowest BCUT2D eigenvalue weighted by Gasteiger charge is -2.21. The zero-order valence-electron chi connectivity index (χ0n) is 9.18. The summed E-state index contributed by atoms with van der Waals surface area (Å²) in [6.07, 6.45) is 0. The van der Waals surface area contributed by atoms with Gasteiger partial charge in [-0.3, -0.25) is 4.79 Å². The molecule has 1 amide bonds. The number of benzene rings is 1. The number of anilines is 1. The molecule has 0 saturated carbocycles. The quantitative estimate of drug-likeness (QED) is 0.902. The Bertz CT molecular complexity index is 407. The van der Waals surface area contributed by atoms with Gasteiger partial charge in [0.1, 0.15) is 0 Å². The van der Waals surface area contributed by atoms with Crippen molar-refractivity contribution >= 4 is 39.1 Å². The van der Waals surface area contributed by atoms with Crippen LogP contribution in [0.4, 0.5) is 5.69 Å². The van der Waals surface area contributed by atoms with E-state index in [2.05, 4.69) is 21.2 Å². The molecule has 1 rings (SSSR count). The van der Waals surface area contributed by atoms with Crippen LogP contribution in [0.1, 0.15) is 13.8 Å². The van der Waals surface area contributed by atoms with Crippen LogP contribution in [0.2, 0.25) is 5.02 Å². The maximum absolute atomic E-state index is 11.9. The Morgan fingerprint density at radius 2 is 2.19 bits per heavy atom. The lowest BCUT2D eigenvalue weighted by Crippen LogP contribution is -2.37. The highest BCUT2D eigenvalue weighted by Crippen LogP contribution is 2.27. The third kappa shape index (κ3) is 3.20. The molecule has 1 aromatic rings. The van der Waals surface area contributed by atoms with Gasteiger partial charge in [0.15, 0.2) is 0 Å². The van der Waals surface area contributed by atoms with E-state index in [9.17, 15) is 4.79 Å². The summed E-state index contributed by atoms with van der Waals surface area (Å²) >= 11 is 9.19. The van der Waals surface area contributed by atoms with Gasteiger partial charge in [-0.15, -0.1) is 0 Å². The summed E-state index contributed by atoms with van der Waals surface area (Å²) in [7, 11) is 0. The third-order valence-corrected chi connectivity index (χ3v) is 3.23. The number of rotatable bonds is 3. The van der Waals surface area contributed by atoms with Crippen LogP contribution in [0.3, 0.4) is 0 Å². The first-order valence-electron chi connectivity index (χ1n) is 4.83. The highest BCUT2D eigenvalue weighted by Gasteiger charge is 2.26. The van der Waals surface area contributed by atoms with Crippen molar-refractivity contribution in [2.75, 3.05) is 11.9 Å². The van der Waals surface area contributed by atoms with Gasteiger partial charge in [0, 0.05) is 16.0 Å². The van der Waals surface area contributed by atoms with Gasteiger partial charge in [-0.2, -0.15) is 0 Å². The highest BCUT2D eigenvalue weighted by atomic mass is 79.9. The van der Waals surface area contributed by atoms with E-state index in [-0.39, 0.29) is 12.5 Å². The molecule has 16 heavy (non-hydrogen) atoms. The Balaban J connectivity index is 2.89. The molecular formula is C11H14BrClN2O. The topological polar surface area (TPSA) is 55.1 Å². The van der Waals surface area contributed by atoms with E-state index < -0.39 is 5.41 Å². The molecule has 0 aliphatic heterocycles. The molecule has 0 fully saturated rings. The largest absolute Gasteiger partial charge is 0.329 e. The number of carbonyl (C=O) groups is 1. The predicted molar refractivity (Wildman–Crippen MR) is 70.6 cm³/mol. The Labute approximate surface area is 108 Å². The zero-order chi connectivity index (χ0) is 12.3. The second-order valence-corrected chi connectivity index (χ2v) is 5.46. The Kier molecular flexibility index (Phi) is 4.35. The maximum Gasteiger partial charge on any atom is 0.231 e. The molecule has 0 atom stereocenters. The van der Waals surface area contributed by atoms with Crippen molar-refractivity contribution in [1.82, 2.24) is 0 Å². The average molecular weight is 306 g/mol. The van der Waals surface area contributed by atoms with Crippen molar-refractivity contribution in [3.8, 4) is 0 Å². The SMILES string of the molecule is CC(C)(CN)C(=O)Nc1cc(Cl)ccc1Br. The molecule has 0 aliphatic rings. The number of carbonyl (C=O) groups excluding carboxylic acids is 1. The fourth-order valence-corrected chi connectivity index (χ4v) is 1.50. The smallest absolute Gasteiger partial charge is 0.231 e. The molecule has 0 radical (unpaired) electrons. The van der Waals surface area contributed by atoms with E-state index in [0.29, 0.717) is 10.7 Å². The minimum atomic E-state index is -0.595. The van der Waals surface area contributed by atoms with Gasteiger partial charge in [-0.25, -0.2) is 0 Å². The Morgan fingerprint density at radius 1 is 1.56 bits per heavy atom. The van der Waals surface area contributed by atoms with E-state index in [4.69, 9.17) is 17.3 Å². The Hall–Kier alpha value is -0.580. The molecule has 3 N–H and O–H groups in total. The van der Waals surface area contributed by atoms with Crippen LogP contribution in [-0.4, -0.2) is 12.5 Å². The lowest BCUT2D eigenvalue weighted by atomic mass is 9.92. The van der Waals surface area contributed by atoms with E-state index in [0.717, 1.165) is 4.47 Å². The van der Waals surface area contributed by atoms with Crippen LogP contribution in [0, 0.1) is 5.41 Å². The van der Waals surface area contributed by atoms with Gasteiger partial charge in [-0.1, -0.05) is 11.6 Å². The number of nitrogens with two attached hydrogens (primary N) is 1. The van der Waals surface area contributed by atoms with Crippen LogP contribution in [0.25, 0.3) is 0 Å². The molecule has 0 bridgehead atoms. The fourth-order valence-electron chi connectivity index (χ4n) is 0.977. The summed E-state index contributed by atoms with van der Waals surface area (Å²) < 4.78 is 0.790. The minimum absolute atomic E-state index is 0.127. The van der Waals surface area contributed by atoms with Crippen LogP contribution < -0.4 is 11.1 Å². The number of nitrogens with one attached hydrogen (secondary N) is 1. The van der Waals surface area contributed by atoms with Crippen molar-refractivity contribution in [2.24, 2.45) is 11.1 Å². The molecule has 88 valence electrons. The fraction of sp³-hybridized carbons (Fsp3) is 0.364.